The lowest BCUT2D eigenvalue weighted by Crippen LogP contribution is -2.32. The van der Waals surface area contributed by atoms with Crippen LogP contribution in [-0.2, 0) is 47.5 Å². The van der Waals surface area contributed by atoms with Crippen LogP contribution in [0.4, 0.5) is 0 Å². The predicted molar refractivity (Wildman–Crippen MR) is 138 cm³/mol. The van der Waals surface area contributed by atoms with E-state index in [2.05, 4.69) is 22.2 Å². The summed E-state index contributed by atoms with van der Waals surface area (Å²) in [7, 11) is -8.57. The number of aliphatic hydroxyl groups is 1. The minimum atomic E-state index is -4.46. The molecule has 2 saturated heterocycles. The quantitative estimate of drug-likeness (QED) is 0.176. The van der Waals surface area contributed by atoms with Gasteiger partial charge in [-0.15, -0.1) is 0 Å². The van der Waals surface area contributed by atoms with Gasteiger partial charge in [0.1, 0.15) is 50.6 Å². The topological polar surface area (TPSA) is 246 Å². The highest BCUT2D eigenvalue weighted by atomic mass is 32.7. The van der Waals surface area contributed by atoms with E-state index in [9.17, 15) is 39.6 Å². The molecule has 2 aromatic heterocycles. The van der Waals surface area contributed by atoms with Gasteiger partial charge in [0.2, 0.25) is 0 Å². The highest BCUT2D eigenvalue weighted by Gasteiger charge is 2.46. The molecule has 4 heterocycles. The Bertz CT molecular complexity index is 1370. The van der Waals surface area contributed by atoms with E-state index in [1.54, 1.807) is 0 Å². The van der Waals surface area contributed by atoms with Gasteiger partial charge in [-0.05, 0) is 36.7 Å². The van der Waals surface area contributed by atoms with Crippen LogP contribution < -0.4 is 26.5 Å². The molecule has 2 aliphatic rings. The number of hydrogen-bond acceptors (Lipinski definition) is 17. The van der Waals surface area contributed by atoms with E-state index in [1.165, 1.54) is 26.2 Å². The number of hydrogen-bond donors (Lipinski definition) is 3. The van der Waals surface area contributed by atoms with Crippen molar-refractivity contribution in [2.24, 2.45) is 0 Å². The number of aliphatic hydroxyl groups excluding tert-OH is 1. The Balaban J connectivity index is 1.45. The molecule has 0 aliphatic carbocycles. The molecule has 0 spiro atoms. The van der Waals surface area contributed by atoms with Crippen LogP contribution in [0, 0.1) is 13.8 Å². The molecule has 2 aromatic rings. The lowest BCUT2D eigenvalue weighted by Gasteiger charge is -2.32. The third-order valence-corrected chi connectivity index (χ3v) is 8.66. The minimum Gasteiger partial charge on any atom is -0.858 e. The Morgan fingerprint density at radius 1 is 0.951 bits per heavy atom. The van der Waals surface area contributed by atoms with Crippen molar-refractivity contribution in [1.82, 2.24) is 19.1 Å². The molecule has 17 nitrogen and oxygen atoms in total. The summed E-state index contributed by atoms with van der Waals surface area (Å²) in [5.41, 5.74) is -1.47. The van der Waals surface area contributed by atoms with E-state index in [1.807, 2.05) is 0 Å². The number of rotatable bonds is 10. The Morgan fingerprint density at radius 2 is 1.41 bits per heavy atom. The zero-order valence-electron chi connectivity index (χ0n) is 21.4. The van der Waals surface area contributed by atoms with Crippen molar-refractivity contribution < 1.29 is 53.0 Å². The van der Waals surface area contributed by atoms with E-state index in [0.29, 0.717) is 0 Å². The second-order valence-corrected chi connectivity index (χ2v) is 14.6. The summed E-state index contributed by atoms with van der Waals surface area (Å²) in [4.78, 5) is 63.4. The molecule has 0 bridgehead atoms. The average molecular weight is 656 g/mol. The Kier molecular flexibility index (Phi) is 10.0. The molecule has 4 rings (SSSR count). The van der Waals surface area contributed by atoms with Crippen LogP contribution in [0.25, 0.3) is 0 Å². The summed E-state index contributed by atoms with van der Waals surface area (Å²) >= 11 is 9.55. The molecular formula is C20H25N4O13P2S2-3. The van der Waals surface area contributed by atoms with Crippen LogP contribution in [0.5, 0.6) is 11.8 Å². The molecule has 0 amide bonds. The van der Waals surface area contributed by atoms with Gasteiger partial charge in [0, 0.05) is 25.2 Å². The second kappa shape index (κ2) is 12.7. The summed E-state index contributed by atoms with van der Waals surface area (Å²) in [5, 5.41) is 33.1. The van der Waals surface area contributed by atoms with Crippen LogP contribution in [0.1, 0.15) is 36.4 Å². The first-order valence-electron chi connectivity index (χ1n) is 11.9. The third kappa shape index (κ3) is 7.94. The molecule has 3 N–H and O–H groups in total. The predicted octanol–water partition coefficient (Wildman–Crippen LogP) is -2.59. The number of aromatic nitrogens is 4. The molecule has 228 valence electrons. The normalized spacial score (nSPS) is 29.4. The number of nitrogens with zero attached hydrogens (tertiary/aromatic N) is 4. The lowest BCUT2D eigenvalue weighted by atomic mass is 10.2. The number of ether oxygens (including phenoxy) is 2. The summed E-state index contributed by atoms with van der Waals surface area (Å²) < 4.78 is 29.5. The van der Waals surface area contributed by atoms with Gasteiger partial charge in [-0.3, -0.25) is 9.13 Å². The SMILES string of the molecule is Cc1cn([C@H]2C[C@H](O[P+]([O-])(O)[S-])[C@@H](CO[P+](O)([S-])O[C@H]3C[C@H](n4cc(C)c([O-])nc4=O)O[C@@H]3CO)O2)c(=O)nc1[O-]. The van der Waals surface area contributed by atoms with Gasteiger partial charge in [0.15, 0.2) is 0 Å². The van der Waals surface area contributed by atoms with E-state index < -0.39 is 87.5 Å². The van der Waals surface area contributed by atoms with Crippen LogP contribution >= 0.6 is 14.3 Å². The van der Waals surface area contributed by atoms with Crippen molar-refractivity contribution in [3.8, 4) is 11.8 Å². The Morgan fingerprint density at radius 3 is 1.88 bits per heavy atom. The highest BCUT2D eigenvalue weighted by Crippen LogP contribution is 2.58. The molecule has 21 heteroatoms. The summed E-state index contributed by atoms with van der Waals surface area (Å²) in [6.45, 7) is 1.78. The van der Waals surface area contributed by atoms with Crippen molar-refractivity contribution in [2.45, 2.75) is 63.6 Å². The van der Waals surface area contributed by atoms with Crippen LogP contribution in [0.2, 0.25) is 0 Å². The van der Waals surface area contributed by atoms with Gasteiger partial charge in [-0.1, -0.05) is 0 Å². The largest absolute Gasteiger partial charge is 0.858 e. The van der Waals surface area contributed by atoms with Gasteiger partial charge in [0.25, 0.3) is 7.15 Å². The van der Waals surface area contributed by atoms with Gasteiger partial charge in [0.05, 0.1) is 6.61 Å². The zero-order valence-corrected chi connectivity index (χ0v) is 24.8. The van der Waals surface area contributed by atoms with Crippen molar-refractivity contribution >= 4 is 38.8 Å². The van der Waals surface area contributed by atoms with E-state index in [4.69, 9.17) is 35.3 Å². The summed E-state index contributed by atoms with van der Waals surface area (Å²) in [6, 6.07) is 0. The van der Waals surface area contributed by atoms with Gasteiger partial charge in [-0.25, -0.2) is 33.9 Å². The summed E-state index contributed by atoms with van der Waals surface area (Å²) in [5.74, 6) is -1.42. The fourth-order valence-electron chi connectivity index (χ4n) is 4.33. The maximum Gasteiger partial charge on any atom is 0.349 e. The fourth-order valence-corrected chi connectivity index (χ4v) is 6.70. The van der Waals surface area contributed by atoms with Crippen LogP contribution in [-0.4, -0.2) is 71.6 Å². The average Bonchev–Trinajstić information content (AvgIpc) is 3.44. The molecule has 8 atom stereocenters. The fraction of sp³-hybridized carbons (Fsp3) is 0.600. The van der Waals surface area contributed by atoms with Crippen molar-refractivity contribution in [3.63, 3.8) is 0 Å². The number of aryl methyl sites for hydroxylation is 2. The zero-order chi connectivity index (χ0) is 30.3. The summed E-state index contributed by atoms with van der Waals surface area (Å²) in [6.07, 6.45) is -4.32. The first-order chi connectivity index (χ1) is 19.1. The molecule has 0 aromatic carbocycles. The molecule has 41 heavy (non-hydrogen) atoms. The first-order valence-corrected chi connectivity index (χ1v) is 17.1. The van der Waals surface area contributed by atoms with Crippen molar-refractivity contribution in [2.75, 3.05) is 13.2 Å². The maximum atomic E-state index is 12.3. The molecule has 2 unspecified atom stereocenters. The Hall–Kier alpha value is -1.44. The van der Waals surface area contributed by atoms with E-state index >= 15 is 0 Å². The van der Waals surface area contributed by atoms with Crippen molar-refractivity contribution in [1.29, 1.82) is 0 Å². The van der Waals surface area contributed by atoms with Gasteiger partial charge < -0.3 is 54.2 Å². The molecule has 0 saturated carbocycles. The van der Waals surface area contributed by atoms with Crippen molar-refractivity contribution in [3.05, 3.63) is 44.5 Å². The highest BCUT2D eigenvalue weighted by molar-refractivity contribution is 8.35. The lowest BCUT2D eigenvalue weighted by molar-refractivity contribution is -0.277. The van der Waals surface area contributed by atoms with Gasteiger partial charge in [-0.2, -0.15) is 9.05 Å². The minimum absolute atomic E-state index is 0.0743. The first kappa shape index (κ1) is 32.5. The van der Waals surface area contributed by atoms with Gasteiger partial charge >= 0.3 is 11.4 Å². The molecule has 2 aliphatic heterocycles. The molecule has 0 radical (unpaired) electrons. The Labute approximate surface area is 243 Å². The second-order valence-electron chi connectivity index (χ2n) is 9.27. The maximum absolute atomic E-state index is 12.3. The third-order valence-electron chi connectivity index (χ3n) is 6.28. The monoisotopic (exact) mass is 655 g/mol. The van der Waals surface area contributed by atoms with Crippen LogP contribution in [0.3, 0.4) is 0 Å². The van der Waals surface area contributed by atoms with E-state index in [-0.39, 0.29) is 24.0 Å². The van der Waals surface area contributed by atoms with Crippen LogP contribution in [0.15, 0.2) is 22.0 Å². The standard InChI is InChI=1S/C20H28N4O13P2S2/c1-9-5-23(19(28)21-17(9)26)15-3-11(13(7-25)34-15)37-39(32,41)33-8-14-12(36-38(30,31)40)4-16(35-14)24-6-10(2)18(27)22-20(24)29/h5-6,11-16,25H,3-4,7-8H2,1-2H3,(H,32,41)(H,21,26,28)(H,22,27,29)(H2,30,31,40)/p-3/t11-,12-,13+,14+,15+,16+,39?/m0/s1. The molecule has 2 fully saturated rings. The molecular weight excluding hydrogens is 630 g/mol. The van der Waals surface area contributed by atoms with E-state index in [0.717, 1.165) is 9.13 Å². The smallest absolute Gasteiger partial charge is 0.349 e.